The molecule has 0 bridgehead atoms. The number of amides is 1. The molecule has 0 aliphatic heterocycles. The number of aryl methyl sites for hydroxylation is 2. The Kier molecular flexibility index (Phi) is 6.86. The van der Waals surface area contributed by atoms with Crippen LogP contribution in [0.1, 0.15) is 62.0 Å². The minimum atomic E-state index is -0.0340. The fourth-order valence-corrected chi connectivity index (χ4v) is 2.74. The second-order valence-corrected chi connectivity index (χ2v) is 5.90. The van der Waals surface area contributed by atoms with Crippen LogP contribution < -0.4 is 4.90 Å². The Hall–Kier alpha value is -2.50. The summed E-state index contributed by atoms with van der Waals surface area (Å²) in [5.41, 5.74) is 2.11. The zero-order valence-electron chi connectivity index (χ0n) is 15.2. The van der Waals surface area contributed by atoms with E-state index >= 15 is 0 Å². The van der Waals surface area contributed by atoms with Crippen molar-refractivity contribution < 1.29 is 9.59 Å². The van der Waals surface area contributed by atoms with Crippen molar-refractivity contribution in [1.82, 2.24) is 15.0 Å². The van der Waals surface area contributed by atoms with Gasteiger partial charge in [0, 0.05) is 37.7 Å². The highest BCUT2D eigenvalue weighted by Gasteiger charge is 2.20. The van der Waals surface area contributed by atoms with Crippen molar-refractivity contribution in [2.45, 2.75) is 52.9 Å². The van der Waals surface area contributed by atoms with E-state index < -0.39 is 0 Å². The van der Waals surface area contributed by atoms with Gasteiger partial charge in [-0.05, 0) is 25.0 Å². The summed E-state index contributed by atoms with van der Waals surface area (Å²) in [6.45, 7) is 6.23. The van der Waals surface area contributed by atoms with Crippen LogP contribution in [0.15, 0.2) is 24.5 Å². The zero-order chi connectivity index (χ0) is 18.2. The predicted molar refractivity (Wildman–Crippen MR) is 97.8 cm³/mol. The smallest absolute Gasteiger partial charge is 0.226 e. The molecular formula is C19H26N4O2. The van der Waals surface area contributed by atoms with E-state index in [1.807, 2.05) is 19.9 Å². The average molecular weight is 342 g/mol. The fraction of sp³-hybridized carbons (Fsp3) is 0.474. The van der Waals surface area contributed by atoms with E-state index in [2.05, 4.69) is 21.9 Å². The van der Waals surface area contributed by atoms with E-state index in [9.17, 15) is 9.59 Å². The second-order valence-electron chi connectivity index (χ2n) is 5.90. The summed E-state index contributed by atoms with van der Waals surface area (Å²) in [6.07, 6.45) is 6.47. The van der Waals surface area contributed by atoms with Crippen LogP contribution >= 0.6 is 0 Å². The number of aromatic amines is 1. The van der Waals surface area contributed by atoms with Crippen LogP contribution in [0.25, 0.3) is 0 Å². The van der Waals surface area contributed by atoms with Crippen LogP contribution in [-0.2, 0) is 17.6 Å². The molecule has 2 heterocycles. The summed E-state index contributed by atoms with van der Waals surface area (Å²) in [5, 5.41) is 0. The van der Waals surface area contributed by atoms with Gasteiger partial charge >= 0.3 is 0 Å². The maximum Gasteiger partial charge on any atom is 0.226 e. The number of carbonyl (C=O) groups excluding carboxylic acids is 2. The number of pyridine rings is 1. The molecule has 0 fully saturated rings. The number of H-pyrrole nitrogens is 1. The van der Waals surface area contributed by atoms with Crippen LogP contribution in [0.4, 0.5) is 5.69 Å². The van der Waals surface area contributed by atoms with Crippen molar-refractivity contribution in [3.8, 4) is 0 Å². The van der Waals surface area contributed by atoms with Gasteiger partial charge in [0.2, 0.25) is 5.91 Å². The van der Waals surface area contributed by atoms with E-state index in [1.54, 1.807) is 23.4 Å². The molecule has 0 saturated heterocycles. The van der Waals surface area contributed by atoms with Gasteiger partial charge in [-0.3, -0.25) is 14.6 Å². The summed E-state index contributed by atoms with van der Waals surface area (Å²) >= 11 is 0. The molecule has 0 aromatic carbocycles. The minimum absolute atomic E-state index is 0.0229. The number of hydrogen-bond donors (Lipinski definition) is 1. The first-order valence-electron chi connectivity index (χ1n) is 8.91. The molecular weight excluding hydrogens is 316 g/mol. The predicted octanol–water partition coefficient (Wildman–Crippen LogP) is 3.34. The SMILES string of the molecule is CCCc1nc(C(=O)CCN(C(=O)CC)c2cccnc2)c(CC)[nH]1. The average Bonchev–Trinajstić information content (AvgIpc) is 3.05. The lowest BCUT2D eigenvalue weighted by atomic mass is 10.1. The number of hydrogen-bond acceptors (Lipinski definition) is 4. The fourth-order valence-electron chi connectivity index (χ4n) is 2.74. The number of nitrogens with zero attached hydrogens (tertiary/aromatic N) is 3. The molecule has 2 aromatic heterocycles. The van der Waals surface area contributed by atoms with Crippen molar-refractivity contribution in [3.05, 3.63) is 41.7 Å². The summed E-state index contributed by atoms with van der Waals surface area (Å²) in [4.78, 5) is 38.3. The van der Waals surface area contributed by atoms with Crippen LogP contribution in [0.3, 0.4) is 0 Å². The van der Waals surface area contributed by atoms with E-state index in [4.69, 9.17) is 0 Å². The summed E-state index contributed by atoms with van der Waals surface area (Å²) in [6, 6.07) is 3.61. The highest BCUT2D eigenvalue weighted by molar-refractivity contribution is 5.98. The van der Waals surface area contributed by atoms with Crippen molar-refractivity contribution in [2.24, 2.45) is 0 Å². The van der Waals surface area contributed by atoms with Crippen LogP contribution in [0.2, 0.25) is 0 Å². The Morgan fingerprint density at radius 3 is 2.64 bits per heavy atom. The van der Waals surface area contributed by atoms with E-state index in [0.29, 0.717) is 24.3 Å². The molecule has 0 aliphatic rings. The molecule has 6 heteroatoms. The van der Waals surface area contributed by atoms with Gasteiger partial charge in [0.1, 0.15) is 11.5 Å². The van der Waals surface area contributed by atoms with Gasteiger partial charge in [0.15, 0.2) is 5.78 Å². The molecule has 0 spiro atoms. The first-order chi connectivity index (χ1) is 12.1. The third kappa shape index (κ3) is 4.75. The summed E-state index contributed by atoms with van der Waals surface area (Å²) < 4.78 is 0. The lowest BCUT2D eigenvalue weighted by Gasteiger charge is -2.21. The largest absolute Gasteiger partial charge is 0.345 e. The maximum absolute atomic E-state index is 12.7. The van der Waals surface area contributed by atoms with Crippen LogP contribution in [-0.4, -0.2) is 33.2 Å². The molecule has 0 saturated carbocycles. The first kappa shape index (κ1) is 18.8. The molecule has 0 radical (unpaired) electrons. The van der Waals surface area contributed by atoms with E-state index in [1.165, 1.54) is 0 Å². The normalized spacial score (nSPS) is 10.7. The number of rotatable bonds is 9. The molecule has 2 aromatic rings. The highest BCUT2D eigenvalue weighted by Crippen LogP contribution is 2.16. The van der Waals surface area contributed by atoms with Crippen molar-refractivity contribution in [3.63, 3.8) is 0 Å². The van der Waals surface area contributed by atoms with Crippen molar-refractivity contribution in [1.29, 1.82) is 0 Å². The molecule has 25 heavy (non-hydrogen) atoms. The zero-order valence-corrected chi connectivity index (χ0v) is 15.2. The lowest BCUT2D eigenvalue weighted by Crippen LogP contribution is -2.32. The van der Waals surface area contributed by atoms with Gasteiger partial charge in [-0.15, -0.1) is 0 Å². The molecule has 6 nitrogen and oxygen atoms in total. The van der Waals surface area contributed by atoms with Gasteiger partial charge in [0.25, 0.3) is 0 Å². The van der Waals surface area contributed by atoms with E-state index in [-0.39, 0.29) is 18.1 Å². The quantitative estimate of drug-likeness (QED) is 0.709. The van der Waals surface area contributed by atoms with Crippen molar-refractivity contribution >= 4 is 17.4 Å². The Morgan fingerprint density at radius 1 is 1.24 bits per heavy atom. The maximum atomic E-state index is 12.7. The lowest BCUT2D eigenvalue weighted by molar-refractivity contribution is -0.118. The third-order valence-electron chi connectivity index (χ3n) is 4.06. The number of carbonyl (C=O) groups is 2. The van der Waals surface area contributed by atoms with Crippen LogP contribution in [0, 0.1) is 0 Å². The Balaban J connectivity index is 2.12. The molecule has 0 unspecified atom stereocenters. The number of imidazole rings is 1. The summed E-state index contributed by atoms with van der Waals surface area (Å²) in [7, 11) is 0. The third-order valence-corrected chi connectivity index (χ3v) is 4.06. The van der Waals surface area contributed by atoms with Gasteiger partial charge in [-0.2, -0.15) is 0 Å². The second kappa shape index (κ2) is 9.11. The number of nitrogens with one attached hydrogen (secondary N) is 1. The van der Waals surface area contributed by atoms with Gasteiger partial charge in [-0.25, -0.2) is 4.98 Å². The highest BCUT2D eigenvalue weighted by atomic mass is 16.2. The van der Waals surface area contributed by atoms with Gasteiger partial charge in [0.05, 0.1) is 11.9 Å². The van der Waals surface area contributed by atoms with Gasteiger partial charge < -0.3 is 9.88 Å². The Bertz CT molecular complexity index is 709. The number of aromatic nitrogens is 3. The molecule has 134 valence electrons. The number of Topliss-reactive ketones (excluding diaryl/α,β-unsaturated/α-hetero) is 1. The first-order valence-corrected chi connectivity index (χ1v) is 8.91. The molecule has 0 atom stereocenters. The Labute approximate surface area is 148 Å². The van der Waals surface area contributed by atoms with E-state index in [0.717, 1.165) is 30.8 Å². The molecule has 1 N–H and O–H groups in total. The monoisotopic (exact) mass is 342 g/mol. The molecule has 2 rings (SSSR count). The van der Waals surface area contributed by atoms with Crippen LogP contribution in [0.5, 0.6) is 0 Å². The Morgan fingerprint density at radius 2 is 2.04 bits per heavy atom. The minimum Gasteiger partial charge on any atom is -0.345 e. The summed E-state index contributed by atoms with van der Waals surface area (Å²) in [5.74, 6) is 0.801. The molecule has 1 amide bonds. The van der Waals surface area contributed by atoms with Gasteiger partial charge in [-0.1, -0.05) is 20.8 Å². The van der Waals surface area contributed by atoms with Crippen molar-refractivity contribution in [2.75, 3.05) is 11.4 Å². The standard InChI is InChI=1S/C19H26N4O2/c1-4-8-17-21-15(5-2)19(22-17)16(24)10-12-23(18(25)6-3)14-9-7-11-20-13-14/h7,9,11,13H,4-6,8,10,12H2,1-3H3,(H,21,22). The number of anilines is 1. The molecule has 0 aliphatic carbocycles. The number of ketones is 1. The topological polar surface area (TPSA) is 79.0 Å².